The number of nitrogens with one attached hydrogen (secondary N) is 2. The first-order valence-electron chi connectivity index (χ1n) is 7.93. The van der Waals surface area contributed by atoms with Crippen molar-refractivity contribution >= 4 is 35.4 Å². The molecule has 7 heteroatoms. The largest absolute Gasteiger partial charge is 0.469 e. The van der Waals surface area contributed by atoms with Gasteiger partial charge in [-0.15, -0.1) is 11.8 Å². The lowest BCUT2D eigenvalue weighted by Gasteiger charge is -2.24. The summed E-state index contributed by atoms with van der Waals surface area (Å²) in [5.41, 5.74) is 0.914. The third-order valence-electron chi connectivity index (χ3n) is 3.88. The molecule has 0 aliphatic carbocycles. The van der Waals surface area contributed by atoms with E-state index >= 15 is 0 Å². The van der Waals surface area contributed by atoms with Crippen molar-refractivity contribution in [3.05, 3.63) is 29.8 Å². The number of thioether (sulfide) groups is 2. The lowest BCUT2D eigenvalue weighted by molar-refractivity contribution is -0.141. The molecule has 1 saturated heterocycles. The Morgan fingerprint density at radius 2 is 2.17 bits per heavy atom. The van der Waals surface area contributed by atoms with Gasteiger partial charge in [-0.05, 0) is 24.0 Å². The summed E-state index contributed by atoms with van der Waals surface area (Å²) in [6, 6.07) is 7.73. The third-order valence-corrected chi connectivity index (χ3v) is 5.76. The average molecular weight is 369 g/mol. The van der Waals surface area contributed by atoms with Crippen molar-refractivity contribution in [2.45, 2.75) is 29.8 Å². The fourth-order valence-corrected chi connectivity index (χ4v) is 3.92. The molecular formula is C17H24N2O3S2. The van der Waals surface area contributed by atoms with Gasteiger partial charge in [-0.3, -0.25) is 9.59 Å². The molecule has 2 N–H and O–H groups in total. The maximum absolute atomic E-state index is 12.4. The minimum Gasteiger partial charge on any atom is -0.469 e. The highest BCUT2D eigenvalue weighted by Gasteiger charge is 2.22. The van der Waals surface area contributed by atoms with E-state index in [-0.39, 0.29) is 30.4 Å². The van der Waals surface area contributed by atoms with Gasteiger partial charge in [0.05, 0.1) is 19.6 Å². The van der Waals surface area contributed by atoms with Crippen LogP contribution in [0.25, 0.3) is 0 Å². The zero-order valence-electron chi connectivity index (χ0n) is 14.0. The van der Waals surface area contributed by atoms with Gasteiger partial charge in [0.2, 0.25) is 5.91 Å². The van der Waals surface area contributed by atoms with E-state index in [1.807, 2.05) is 42.3 Å². The summed E-state index contributed by atoms with van der Waals surface area (Å²) < 4.78 is 4.77. The molecule has 2 rings (SSSR count). The molecular weight excluding hydrogens is 344 g/mol. The molecule has 0 radical (unpaired) electrons. The van der Waals surface area contributed by atoms with Crippen LogP contribution < -0.4 is 10.6 Å². The first-order chi connectivity index (χ1) is 11.6. The fourth-order valence-electron chi connectivity index (χ4n) is 2.57. The van der Waals surface area contributed by atoms with Crippen LogP contribution in [0.4, 0.5) is 0 Å². The van der Waals surface area contributed by atoms with E-state index < -0.39 is 0 Å². The number of hydrogen-bond acceptors (Lipinski definition) is 6. The summed E-state index contributed by atoms with van der Waals surface area (Å²) in [5, 5.41) is 6.34. The van der Waals surface area contributed by atoms with Crippen molar-refractivity contribution in [1.29, 1.82) is 0 Å². The number of ether oxygens (including phenoxy) is 1. The Morgan fingerprint density at radius 3 is 2.75 bits per heavy atom. The Morgan fingerprint density at radius 1 is 1.42 bits per heavy atom. The SMILES string of the molecule is COC(=O)CC(NC(=O)CC1CSCCN1)c1ccc(SC)cc1. The van der Waals surface area contributed by atoms with Gasteiger partial charge in [-0.25, -0.2) is 0 Å². The molecule has 1 heterocycles. The second kappa shape index (κ2) is 9.96. The molecule has 0 aromatic heterocycles. The Kier molecular flexibility index (Phi) is 7.94. The number of benzene rings is 1. The van der Waals surface area contributed by atoms with E-state index in [4.69, 9.17) is 4.74 Å². The van der Waals surface area contributed by atoms with E-state index in [2.05, 4.69) is 10.6 Å². The smallest absolute Gasteiger partial charge is 0.307 e. The van der Waals surface area contributed by atoms with E-state index in [0.29, 0.717) is 6.42 Å². The second-order valence-electron chi connectivity index (χ2n) is 5.60. The number of carbonyl (C=O) groups is 2. The predicted molar refractivity (Wildman–Crippen MR) is 99.5 cm³/mol. The minimum absolute atomic E-state index is 0.0437. The maximum atomic E-state index is 12.4. The molecule has 2 unspecified atom stereocenters. The van der Waals surface area contributed by atoms with Crippen molar-refractivity contribution in [2.75, 3.05) is 31.4 Å². The van der Waals surface area contributed by atoms with Crippen molar-refractivity contribution in [1.82, 2.24) is 10.6 Å². The Labute approximate surface area is 151 Å². The van der Waals surface area contributed by atoms with Gasteiger partial charge in [-0.2, -0.15) is 11.8 Å². The summed E-state index contributed by atoms with van der Waals surface area (Å²) in [6.07, 6.45) is 2.57. The number of methoxy groups -OCH3 is 1. The van der Waals surface area contributed by atoms with Gasteiger partial charge in [0.15, 0.2) is 0 Å². The van der Waals surface area contributed by atoms with Gasteiger partial charge in [0, 0.05) is 35.4 Å². The van der Waals surface area contributed by atoms with E-state index in [0.717, 1.165) is 28.5 Å². The van der Waals surface area contributed by atoms with Crippen LogP contribution in [0.15, 0.2) is 29.2 Å². The molecule has 1 fully saturated rings. The Balaban J connectivity index is 2.01. The summed E-state index contributed by atoms with van der Waals surface area (Å²) in [5.74, 6) is 1.65. The summed E-state index contributed by atoms with van der Waals surface area (Å²) in [7, 11) is 1.36. The minimum atomic E-state index is -0.364. The molecule has 1 aromatic carbocycles. The third kappa shape index (κ3) is 6.03. The number of carbonyl (C=O) groups excluding carboxylic acids is 2. The number of amides is 1. The lowest BCUT2D eigenvalue weighted by Crippen LogP contribution is -2.42. The predicted octanol–water partition coefficient (Wildman–Crippen LogP) is 2.22. The van der Waals surface area contributed by atoms with E-state index in [9.17, 15) is 9.59 Å². The van der Waals surface area contributed by atoms with Crippen LogP contribution in [0, 0.1) is 0 Å². The van der Waals surface area contributed by atoms with Crippen molar-refractivity contribution in [3.8, 4) is 0 Å². The van der Waals surface area contributed by atoms with Gasteiger partial charge >= 0.3 is 5.97 Å². The first kappa shape index (κ1) is 19.1. The second-order valence-corrected chi connectivity index (χ2v) is 7.63. The first-order valence-corrected chi connectivity index (χ1v) is 10.3. The molecule has 0 spiro atoms. The highest BCUT2D eigenvalue weighted by atomic mass is 32.2. The monoisotopic (exact) mass is 368 g/mol. The Hall–Kier alpha value is -1.18. The van der Waals surface area contributed by atoms with E-state index in [1.54, 1.807) is 11.8 Å². The molecule has 1 aliphatic heterocycles. The standard InChI is InChI=1S/C17H24N2O3S2/c1-22-17(21)10-15(12-3-5-14(23-2)6-4-12)19-16(20)9-13-11-24-8-7-18-13/h3-6,13,15,18H,7-11H2,1-2H3,(H,19,20). The van der Waals surface area contributed by atoms with Crippen LogP contribution in [-0.2, 0) is 14.3 Å². The normalized spacial score (nSPS) is 18.7. The molecule has 132 valence electrons. The molecule has 1 aliphatic rings. The van der Waals surface area contributed by atoms with Gasteiger partial charge in [0.1, 0.15) is 0 Å². The lowest BCUT2D eigenvalue weighted by atomic mass is 10.0. The van der Waals surface area contributed by atoms with Crippen LogP contribution in [0.2, 0.25) is 0 Å². The van der Waals surface area contributed by atoms with Crippen LogP contribution in [0.5, 0.6) is 0 Å². The average Bonchev–Trinajstić information content (AvgIpc) is 2.62. The molecule has 0 bridgehead atoms. The molecule has 0 saturated carbocycles. The van der Waals surface area contributed by atoms with Crippen molar-refractivity contribution in [2.24, 2.45) is 0 Å². The maximum Gasteiger partial charge on any atom is 0.307 e. The van der Waals surface area contributed by atoms with Crippen LogP contribution in [-0.4, -0.2) is 49.3 Å². The summed E-state index contributed by atoms with van der Waals surface area (Å²) in [6.45, 7) is 0.935. The molecule has 24 heavy (non-hydrogen) atoms. The van der Waals surface area contributed by atoms with Crippen LogP contribution >= 0.6 is 23.5 Å². The van der Waals surface area contributed by atoms with Crippen LogP contribution in [0.3, 0.4) is 0 Å². The fraction of sp³-hybridized carbons (Fsp3) is 0.529. The van der Waals surface area contributed by atoms with Gasteiger partial charge in [-0.1, -0.05) is 12.1 Å². The van der Waals surface area contributed by atoms with E-state index in [1.165, 1.54) is 7.11 Å². The van der Waals surface area contributed by atoms with Gasteiger partial charge < -0.3 is 15.4 Å². The molecule has 1 amide bonds. The van der Waals surface area contributed by atoms with Crippen molar-refractivity contribution in [3.63, 3.8) is 0 Å². The number of esters is 1. The number of rotatable bonds is 7. The quantitative estimate of drug-likeness (QED) is 0.568. The molecule has 1 aromatic rings. The number of hydrogen-bond donors (Lipinski definition) is 2. The van der Waals surface area contributed by atoms with Crippen LogP contribution in [0.1, 0.15) is 24.4 Å². The highest BCUT2D eigenvalue weighted by Crippen LogP contribution is 2.22. The molecule has 2 atom stereocenters. The summed E-state index contributed by atoms with van der Waals surface area (Å²) >= 11 is 3.51. The zero-order valence-corrected chi connectivity index (χ0v) is 15.7. The zero-order chi connectivity index (χ0) is 17.4. The Bertz CT molecular complexity index is 545. The van der Waals surface area contributed by atoms with Gasteiger partial charge in [0.25, 0.3) is 0 Å². The highest BCUT2D eigenvalue weighted by molar-refractivity contribution is 7.99. The molecule has 5 nitrogen and oxygen atoms in total. The van der Waals surface area contributed by atoms with Crippen molar-refractivity contribution < 1.29 is 14.3 Å². The summed E-state index contributed by atoms with van der Waals surface area (Å²) in [4.78, 5) is 25.2. The topological polar surface area (TPSA) is 67.4 Å².